The number of ether oxygens (including phenoxy) is 2. The van der Waals surface area contributed by atoms with Gasteiger partial charge in [0.05, 0.1) is 32.0 Å². The number of carbonyl (C=O) groups is 5. The molecule has 2 aromatic rings. The van der Waals surface area contributed by atoms with Crippen LogP contribution in [0.3, 0.4) is 0 Å². The van der Waals surface area contributed by atoms with E-state index in [1.165, 1.54) is 4.90 Å². The molecule has 2 heterocycles. The number of benzene rings is 2. The Bertz CT molecular complexity index is 1870. The maximum Gasteiger partial charge on any atom is 0.246 e. The Hall–Kier alpha value is -4.74. The fourth-order valence-electron chi connectivity index (χ4n) is 8.34. The van der Waals surface area contributed by atoms with Gasteiger partial charge in [-0.3, -0.25) is 24.0 Å². The number of nitrogens with one attached hydrogen (secondary N) is 2. The average Bonchev–Trinajstić information content (AvgIpc) is 4.08. The van der Waals surface area contributed by atoms with Crippen molar-refractivity contribution in [3.8, 4) is 11.5 Å². The highest BCUT2D eigenvalue weighted by atomic mass is 16.7. The first-order valence-corrected chi connectivity index (χ1v) is 20.2. The van der Waals surface area contributed by atoms with Gasteiger partial charge in [-0.1, -0.05) is 57.5 Å². The highest BCUT2D eigenvalue weighted by molar-refractivity contribution is 6.39. The number of carbonyl (C=O) groups excluding carboxylic acids is 5. The van der Waals surface area contributed by atoms with Crippen molar-refractivity contribution >= 4 is 35.0 Å². The lowest BCUT2D eigenvalue weighted by atomic mass is 9.85. The fourth-order valence-corrected chi connectivity index (χ4v) is 8.34. The van der Waals surface area contributed by atoms with Crippen LogP contribution in [0, 0.1) is 31.1 Å². The second-order valence-corrected chi connectivity index (χ2v) is 17.3. The SMILES string of the molecule is CCC[C@H](NC(=O)[C@@H]1C[C@]2(CC(c3cc(C)c(OCC)c(C)c3)=NO2)CN1C(=O)[C@@H](NC(=O)[C@@H]1C[C@H]1c1ccccc1OC)C(C)(C)C)C(=O)C(=O)CC1CC1. The molecule has 12 heteroatoms. The van der Waals surface area contributed by atoms with Gasteiger partial charge in [0.15, 0.2) is 5.60 Å². The van der Waals surface area contributed by atoms with Crippen LogP contribution in [0.2, 0.25) is 0 Å². The van der Waals surface area contributed by atoms with Crippen LogP contribution in [0.15, 0.2) is 41.6 Å². The molecular formula is C44H58N4O8. The molecule has 3 fully saturated rings. The molecule has 3 amide bonds. The number of para-hydroxylation sites is 1. The molecule has 2 saturated carbocycles. The predicted octanol–water partition coefficient (Wildman–Crippen LogP) is 5.73. The van der Waals surface area contributed by atoms with Crippen LogP contribution in [0.4, 0.5) is 0 Å². The molecule has 2 aliphatic heterocycles. The van der Waals surface area contributed by atoms with E-state index < -0.39 is 52.5 Å². The third-order valence-corrected chi connectivity index (χ3v) is 11.6. The number of oxime groups is 1. The van der Waals surface area contributed by atoms with Crippen LogP contribution in [0.25, 0.3) is 0 Å². The van der Waals surface area contributed by atoms with Crippen molar-refractivity contribution < 1.29 is 38.3 Å². The highest BCUT2D eigenvalue weighted by Gasteiger charge is 2.56. The molecule has 0 aromatic heterocycles. The van der Waals surface area contributed by atoms with Gasteiger partial charge in [-0.2, -0.15) is 0 Å². The molecule has 0 bridgehead atoms. The molecule has 6 atom stereocenters. The molecule has 1 saturated heterocycles. The van der Waals surface area contributed by atoms with Gasteiger partial charge in [0.1, 0.15) is 23.6 Å². The molecule has 6 rings (SSSR count). The summed E-state index contributed by atoms with van der Waals surface area (Å²) < 4.78 is 11.4. The Morgan fingerprint density at radius 2 is 1.71 bits per heavy atom. The zero-order chi connectivity index (χ0) is 40.5. The molecule has 2 aromatic carbocycles. The Kier molecular flexibility index (Phi) is 12.0. The first-order valence-electron chi connectivity index (χ1n) is 20.2. The Balaban J connectivity index is 1.26. The minimum absolute atomic E-state index is 0.0363. The smallest absolute Gasteiger partial charge is 0.246 e. The largest absolute Gasteiger partial charge is 0.496 e. The monoisotopic (exact) mass is 770 g/mol. The minimum atomic E-state index is -1.05. The molecular weight excluding hydrogens is 713 g/mol. The quantitative estimate of drug-likeness (QED) is 0.205. The van der Waals surface area contributed by atoms with Gasteiger partial charge in [0.25, 0.3) is 0 Å². The van der Waals surface area contributed by atoms with Crippen LogP contribution in [0.5, 0.6) is 11.5 Å². The van der Waals surface area contributed by atoms with Gasteiger partial charge in [-0.15, -0.1) is 0 Å². The summed E-state index contributed by atoms with van der Waals surface area (Å²) >= 11 is 0. The van der Waals surface area contributed by atoms with E-state index in [2.05, 4.69) is 15.8 Å². The summed E-state index contributed by atoms with van der Waals surface area (Å²) in [5.74, 6) is -0.880. The minimum Gasteiger partial charge on any atom is -0.496 e. The van der Waals surface area contributed by atoms with Gasteiger partial charge >= 0.3 is 0 Å². The average molecular weight is 771 g/mol. The van der Waals surface area contributed by atoms with Crippen molar-refractivity contribution in [2.24, 2.45) is 22.4 Å². The van der Waals surface area contributed by atoms with Gasteiger partial charge in [-0.05, 0) is 98.6 Å². The fraction of sp³-hybridized carbons (Fsp3) is 0.591. The van der Waals surface area contributed by atoms with Gasteiger partial charge in [-0.25, -0.2) is 0 Å². The van der Waals surface area contributed by atoms with Crippen LogP contribution in [-0.4, -0.2) is 83.9 Å². The highest BCUT2D eigenvalue weighted by Crippen LogP contribution is 2.51. The van der Waals surface area contributed by atoms with E-state index >= 15 is 0 Å². The lowest BCUT2D eigenvalue weighted by molar-refractivity contribution is -0.145. The maximum absolute atomic E-state index is 14.9. The third kappa shape index (κ3) is 8.79. The molecule has 12 nitrogen and oxygen atoms in total. The zero-order valence-corrected chi connectivity index (χ0v) is 34.2. The van der Waals surface area contributed by atoms with E-state index in [0.717, 1.165) is 46.6 Å². The standard InChI is InChI=1S/C44H58N4O8/c1-9-13-32(37(50)35(49)20-27-16-17-27)45-41(52)34-23-44(22-33(47-56-44)28-18-25(3)38(55-10-2)26(4)19-28)24-48(34)42(53)39(43(5,6)7)46-40(51)31-21-30(31)29-14-11-12-15-36(29)54-8/h11-12,14-15,18-19,27,30-32,34,39H,9-10,13,16-17,20-24H2,1-8H3,(H,45,52)(H,46,51)/t30-,31+,32-,34-,39+,44+/m0/s1. The van der Waals surface area contributed by atoms with E-state index in [1.54, 1.807) is 7.11 Å². The van der Waals surface area contributed by atoms with Crippen molar-refractivity contribution in [2.45, 2.75) is 129 Å². The summed E-state index contributed by atoms with van der Waals surface area (Å²) in [6.45, 7) is 14.0. The molecule has 302 valence electrons. The van der Waals surface area contributed by atoms with Gasteiger partial charge in [0, 0.05) is 30.7 Å². The first kappa shape index (κ1) is 40.9. The van der Waals surface area contributed by atoms with Crippen molar-refractivity contribution in [1.82, 2.24) is 15.5 Å². The van der Waals surface area contributed by atoms with Gasteiger partial charge < -0.3 is 29.8 Å². The number of likely N-dealkylation sites (tertiary alicyclic amines) is 1. The molecule has 56 heavy (non-hydrogen) atoms. The summed E-state index contributed by atoms with van der Waals surface area (Å²) in [5, 5.41) is 10.5. The first-order chi connectivity index (χ1) is 26.6. The molecule has 1 spiro atoms. The number of amides is 3. The number of nitrogens with zero attached hydrogens (tertiary/aromatic N) is 2. The van der Waals surface area contributed by atoms with Crippen LogP contribution >= 0.6 is 0 Å². The summed E-state index contributed by atoms with van der Waals surface area (Å²) in [4.78, 5) is 77.1. The van der Waals surface area contributed by atoms with E-state index in [1.807, 2.05) is 84.9 Å². The summed E-state index contributed by atoms with van der Waals surface area (Å²) in [7, 11) is 1.61. The number of methoxy groups -OCH3 is 1. The summed E-state index contributed by atoms with van der Waals surface area (Å²) in [5.41, 5.74) is 2.66. The summed E-state index contributed by atoms with van der Waals surface area (Å²) in [6, 6.07) is 8.61. The number of rotatable bonds is 16. The number of aryl methyl sites for hydroxylation is 2. The number of Topliss-reactive ketones (excluding diaryl/α,β-unsaturated/α-hetero) is 2. The maximum atomic E-state index is 14.9. The molecule has 2 aliphatic carbocycles. The Morgan fingerprint density at radius 3 is 2.34 bits per heavy atom. The normalized spacial score (nSPS) is 23.8. The predicted molar refractivity (Wildman–Crippen MR) is 212 cm³/mol. The van der Waals surface area contributed by atoms with Gasteiger partial charge in [0.2, 0.25) is 29.3 Å². The van der Waals surface area contributed by atoms with E-state index in [4.69, 9.17) is 14.3 Å². The van der Waals surface area contributed by atoms with Crippen LogP contribution < -0.4 is 20.1 Å². The van der Waals surface area contributed by atoms with E-state index in [-0.39, 0.29) is 43.0 Å². The van der Waals surface area contributed by atoms with E-state index in [0.29, 0.717) is 38.0 Å². The number of ketones is 2. The Morgan fingerprint density at radius 1 is 1.02 bits per heavy atom. The molecule has 4 aliphatic rings. The molecule has 0 radical (unpaired) electrons. The zero-order valence-electron chi connectivity index (χ0n) is 34.2. The summed E-state index contributed by atoms with van der Waals surface area (Å²) in [6.07, 6.45) is 3.98. The third-order valence-electron chi connectivity index (χ3n) is 11.6. The lowest BCUT2D eigenvalue weighted by Crippen LogP contribution is -2.59. The van der Waals surface area contributed by atoms with Crippen molar-refractivity contribution in [3.63, 3.8) is 0 Å². The van der Waals surface area contributed by atoms with Crippen molar-refractivity contribution in [3.05, 3.63) is 58.7 Å². The van der Waals surface area contributed by atoms with Crippen molar-refractivity contribution in [2.75, 3.05) is 20.3 Å². The second-order valence-electron chi connectivity index (χ2n) is 17.3. The lowest BCUT2D eigenvalue weighted by Gasteiger charge is -2.35. The number of hydrogen-bond donors (Lipinski definition) is 2. The molecule has 0 unspecified atom stereocenters. The Labute approximate surface area is 330 Å². The van der Waals surface area contributed by atoms with E-state index in [9.17, 15) is 24.0 Å². The second kappa shape index (κ2) is 16.4. The topological polar surface area (TPSA) is 153 Å². The molecule has 2 N–H and O–H groups in total. The van der Waals surface area contributed by atoms with Crippen LogP contribution in [-0.2, 0) is 28.8 Å². The number of hydrogen-bond acceptors (Lipinski definition) is 9. The van der Waals surface area contributed by atoms with Crippen molar-refractivity contribution in [1.29, 1.82) is 0 Å². The van der Waals surface area contributed by atoms with Crippen LogP contribution in [0.1, 0.15) is 114 Å².